The molecule has 0 spiro atoms. The Balaban J connectivity index is 1.65. The fourth-order valence-corrected chi connectivity index (χ4v) is 3.44. The van der Waals surface area contributed by atoms with Crippen molar-refractivity contribution in [3.63, 3.8) is 0 Å². The van der Waals surface area contributed by atoms with E-state index >= 15 is 0 Å². The summed E-state index contributed by atoms with van der Waals surface area (Å²) in [5.41, 5.74) is 1.85. The lowest BCUT2D eigenvalue weighted by Gasteiger charge is -2.17. The summed E-state index contributed by atoms with van der Waals surface area (Å²) >= 11 is 0. The summed E-state index contributed by atoms with van der Waals surface area (Å²) < 4.78 is 6.19. The van der Waals surface area contributed by atoms with Crippen molar-refractivity contribution >= 4 is 29.2 Å². The first-order chi connectivity index (χ1) is 16.3. The third-order valence-corrected chi connectivity index (χ3v) is 5.09. The molecule has 0 bridgehead atoms. The second-order valence-corrected chi connectivity index (χ2v) is 7.62. The third kappa shape index (κ3) is 6.28. The van der Waals surface area contributed by atoms with Gasteiger partial charge in [0.1, 0.15) is 11.7 Å². The lowest BCUT2D eigenvalue weighted by molar-refractivity contribution is -0.384. The topological polar surface area (TPSA) is 133 Å². The van der Waals surface area contributed by atoms with Crippen LogP contribution in [0, 0.1) is 10.1 Å². The quantitative estimate of drug-likeness (QED) is 0.284. The van der Waals surface area contributed by atoms with Crippen LogP contribution in [0.3, 0.4) is 0 Å². The number of hydrogen-bond donors (Lipinski definition) is 2. The maximum absolute atomic E-state index is 12.6. The summed E-state index contributed by atoms with van der Waals surface area (Å²) in [7, 11) is 2.80. The van der Waals surface area contributed by atoms with Crippen LogP contribution < -0.4 is 10.6 Å². The molecule has 0 aliphatic carbocycles. The number of hydrogen-bond acceptors (Lipinski definition) is 6. The summed E-state index contributed by atoms with van der Waals surface area (Å²) in [5, 5.41) is 16.3. The molecule has 10 heteroatoms. The van der Waals surface area contributed by atoms with Gasteiger partial charge < -0.3 is 19.9 Å². The summed E-state index contributed by atoms with van der Waals surface area (Å²) in [5.74, 6) is -1.45. The number of aryl methyl sites for hydroxylation is 1. The van der Waals surface area contributed by atoms with Crippen LogP contribution in [-0.4, -0.2) is 40.4 Å². The average Bonchev–Trinajstić information content (AvgIpc) is 3.21. The summed E-state index contributed by atoms with van der Waals surface area (Å²) in [6, 6.07) is 16.3. The highest BCUT2D eigenvalue weighted by atomic mass is 16.6. The lowest BCUT2D eigenvalue weighted by Crippen LogP contribution is -2.43. The molecular weight excluding hydrogens is 440 g/mol. The highest BCUT2D eigenvalue weighted by Crippen LogP contribution is 2.18. The highest BCUT2D eigenvalue weighted by Gasteiger charge is 2.22. The van der Waals surface area contributed by atoms with Crippen molar-refractivity contribution in [1.82, 2.24) is 9.88 Å². The second kappa shape index (κ2) is 10.9. The maximum Gasteiger partial charge on any atom is 0.328 e. The molecule has 176 valence electrons. The van der Waals surface area contributed by atoms with Gasteiger partial charge in [-0.05, 0) is 23.3 Å². The van der Waals surface area contributed by atoms with Gasteiger partial charge in [0.2, 0.25) is 5.91 Å². The number of anilines is 1. The Morgan fingerprint density at radius 3 is 2.41 bits per heavy atom. The number of amides is 2. The molecule has 1 heterocycles. The molecule has 3 rings (SSSR count). The minimum Gasteiger partial charge on any atom is -0.467 e. The van der Waals surface area contributed by atoms with Crippen LogP contribution in [0.1, 0.15) is 21.6 Å². The Morgan fingerprint density at radius 2 is 1.76 bits per heavy atom. The molecule has 0 saturated heterocycles. The third-order valence-electron chi connectivity index (χ3n) is 5.09. The number of benzene rings is 2. The first-order valence-electron chi connectivity index (χ1n) is 10.4. The van der Waals surface area contributed by atoms with E-state index in [-0.39, 0.29) is 30.1 Å². The zero-order valence-electron chi connectivity index (χ0n) is 18.7. The van der Waals surface area contributed by atoms with Crippen LogP contribution in [0.5, 0.6) is 0 Å². The zero-order valence-corrected chi connectivity index (χ0v) is 18.7. The number of rotatable bonds is 9. The Bertz CT molecular complexity index is 1210. The summed E-state index contributed by atoms with van der Waals surface area (Å²) in [4.78, 5) is 47.7. The van der Waals surface area contributed by atoms with Crippen molar-refractivity contribution in [2.24, 2.45) is 7.05 Å². The van der Waals surface area contributed by atoms with Crippen molar-refractivity contribution in [3.8, 4) is 0 Å². The minimum atomic E-state index is -0.837. The molecule has 1 atom stereocenters. The summed E-state index contributed by atoms with van der Waals surface area (Å²) in [6.07, 6.45) is 1.52. The van der Waals surface area contributed by atoms with Gasteiger partial charge in [0.05, 0.1) is 24.7 Å². The van der Waals surface area contributed by atoms with Gasteiger partial charge >= 0.3 is 5.97 Å². The highest BCUT2D eigenvalue weighted by molar-refractivity contribution is 6.03. The largest absolute Gasteiger partial charge is 0.467 e. The van der Waals surface area contributed by atoms with Gasteiger partial charge in [0.15, 0.2) is 0 Å². The molecule has 0 radical (unpaired) electrons. The monoisotopic (exact) mass is 464 g/mol. The molecule has 2 aromatic carbocycles. The first kappa shape index (κ1) is 24.2. The van der Waals surface area contributed by atoms with E-state index in [4.69, 9.17) is 4.74 Å². The molecule has 0 saturated carbocycles. The van der Waals surface area contributed by atoms with Crippen LogP contribution >= 0.6 is 0 Å². The van der Waals surface area contributed by atoms with Gasteiger partial charge in [0, 0.05) is 25.2 Å². The normalized spacial score (nSPS) is 11.4. The minimum absolute atomic E-state index is 0.0262. The van der Waals surface area contributed by atoms with Crippen molar-refractivity contribution in [3.05, 3.63) is 93.8 Å². The molecule has 2 N–H and O–H groups in total. The van der Waals surface area contributed by atoms with Crippen LogP contribution in [0.2, 0.25) is 0 Å². The molecule has 1 unspecified atom stereocenters. The predicted octanol–water partition coefficient (Wildman–Crippen LogP) is 2.63. The van der Waals surface area contributed by atoms with Crippen LogP contribution in [0.4, 0.5) is 11.4 Å². The van der Waals surface area contributed by atoms with Crippen LogP contribution in [0.15, 0.2) is 66.9 Å². The number of nitro groups is 1. The standard InChI is InChI=1S/C24H24N4O6/c1-27-15-19(28(32)33)14-21(27)23(30)25-18-10-6-9-17(11-18)13-22(29)26-20(24(31)34-2)12-16-7-4-3-5-8-16/h3-11,14-15,20H,12-13H2,1-2H3,(H,25,30)(H,26,29). The molecule has 0 aliphatic heterocycles. The number of esters is 1. The second-order valence-electron chi connectivity index (χ2n) is 7.62. The van der Waals surface area contributed by atoms with E-state index in [0.717, 1.165) is 5.56 Å². The van der Waals surface area contributed by atoms with Crippen LogP contribution in [0.25, 0.3) is 0 Å². The molecule has 1 aromatic heterocycles. The van der Waals surface area contributed by atoms with Gasteiger partial charge in [-0.2, -0.15) is 0 Å². The number of carbonyl (C=O) groups is 3. The number of nitrogens with zero attached hydrogens (tertiary/aromatic N) is 2. The van der Waals surface area contributed by atoms with E-state index in [9.17, 15) is 24.5 Å². The van der Waals surface area contributed by atoms with Crippen molar-refractivity contribution < 1.29 is 24.0 Å². The number of aromatic nitrogens is 1. The van der Waals surface area contributed by atoms with Gasteiger partial charge in [0.25, 0.3) is 11.6 Å². The molecule has 0 aliphatic rings. The Labute approximate surface area is 195 Å². The molecule has 10 nitrogen and oxygen atoms in total. The SMILES string of the molecule is COC(=O)C(Cc1ccccc1)NC(=O)Cc1cccc(NC(=O)c2cc([N+](=O)[O-])cn2C)c1. The smallest absolute Gasteiger partial charge is 0.328 e. The molecule has 2 amide bonds. The number of nitrogens with one attached hydrogen (secondary N) is 2. The molecule has 34 heavy (non-hydrogen) atoms. The van der Waals surface area contributed by atoms with E-state index in [2.05, 4.69) is 10.6 Å². The van der Waals surface area contributed by atoms with Crippen molar-refractivity contribution in [1.29, 1.82) is 0 Å². The lowest BCUT2D eigenvalue weighted by atomic mass is 10.1. The van der Waals surface area contributed by atoms with E-state index in [1.807, 2.05) is 30.3 Å². The predicted molar refractivity (Wildman–Crippen MR) is 124 cm³/mol. The Morgan fingerprint density at radius 1 is 1.06 bits per heavy atom. The fourth-order valence-electron chi connectivity index (χ4n) is 3.44. The van der Waals surface area contributed by atoms with Crippen molar-refractivity contribution in [2.75, 3.05) is 12.4 Å². The van der Waals surface area contributed by atoms with E-state index in [1.165, 1.54) is 31.0 Å². The Kier molecular flexibility index (Phi) is 7.75. The van der Waals surface area contributed by atoms with Crippen LogP contribution in [-0.2, 0) is 34.2 Å². The fraction of sp³-hybridized carbons (Fsp3) is 0.208. The first-order valence-corrected chi connectivity index (χ1v) is 10.4. The van der Waals surface area contributed by atoms with E-state index < -0.39 is 22.8 Å². The Hall–Kier alpha value is -4.47. The molecular formula is C24H24N4O6. The summed E-state index contributed by atoms with van der Waals surface area (Å²) in [6.45, 7) is 0. The number of carbonyl (C=O) groups excluding carboxylic acids is 3. The van der Waals surface area contributed by atoms with Gasteiger partial charge in [-0.15, -0.1) is 0 Å². The van der Waals surface area contributed by atoms with E-state index in [1.54, 1.807) is 24.3 Å². The van der Waals surface area contributed by atoms with Gasteiger partial charge in [-0.3, -0.25) is 19.7 Å². The van der Waals surface area contributed by atoms with Gasteiger partial charge in [-0.25, -0.2) is 4.79 Å². The van der Waals surface area contributed by atoms with Crippen molar-refractivity contribution in [2.45, 2.75) is 18.9 Å². The molecule has 0 fully saturated rings. The van der Waals surface area contributed by atoms with E-state index in [0.29, 0.717) is 11.3 Å². The van der Waals surface area contributed by atoms with Gasteiger partial charge in [-0.1, -0.05) is 42.5 Å². The zero-order chi connectivity index (χ0) is 24.7. The molecule has 3 aromatic rings. The number of ether oxygens (including phenoxy) is 1. The maximum atomic E-state index is 12.6. The number of methoxy groups -OCH3 is 1. The average molecular weight is 464 g/mol.